The molecular weight excluding hydrogens is 328 g/mol. The van der Waals surface area contributed by atoms with Crippen LogP contribution in [0.5, 0.6) is 0 Å². The fourth-order valence-corrected chi connectivity index (χ4v) is 2.00. The molecule has 1 aromatic heterocycles. The van der Waals surface area contributed by atoms with Crippen molar-refractivity contribution in [1.82, 2.24) is 4.98 Å². The van der Waals surface area contributed by atoms with Gasteiger partial charge in [-0.05, 0) is 42.3 Å². The maximum atomic E-state index is 12.4. The number of allylic oxidation sites excluding steroid dienone is 1. The lowest BCUT2D eigenvalue weighted by atomic mass is 10.1. The molecule has 0 spiro atoms. The largest absolute Gasteiger partial charge is 0.321 e. The van der Waals surface area contributed by atoms with Gasteiger partial charge in [0.25, 0.3) is 5.91 Å². The highest BCUT2D eigenvalue weighted by Crippen LogP contribution is 2.12. The number of anilines is 2. The number of hydrogen-bond donors (Lipinski definition) is 2. The molecule has 1 aromatic carbocycles. The van der Waals surface area contributed by atoms with Gasteiger partial charge >= 0.3 is 0 Å². The molecule has 2 aromatic rings. The van der Waals surface area contributed by atoms with Crippen molar-refractivity contribution >= 4 is 29.0 Å². The first-order valence-corrected chi connectivity index (χ1v) is 7.78. The molecule has 6 nitrogen and oxygen atoms in total. The summed E-state index contributed by atoms with van der Waals surface area (Å²) in [5.74, 6) is 5.76. The molecule has 0 saturated heterocycles. The lowest BCUT2D eigenvalue weighted by Crippen LogP contribution is -2.13. The van der Waals surface area contributed by atoms with Crippen molar-refractivity contribution in [2.75, 3.05) is 17.7 Å². The van der Waals surface area contributed by atoms with E-state index in [-0.39, 0.29) is 11.8 Å². The molecule has 0 saturated carbocycles. The van der Waals surface area contributed by atoms with E-state index in [9.17, 15) is 9.59 Å². The minimum atomic E-state index is -0.282. The van der Waals surface area contributed by atoms with Crippen LogP contribution >= 0.6 is 0 Å². The van der Waals surface area contributed by atoms with Gasteiger partial charge in [0.15, 0.2) is 0 Å². The number of pyridine rings is 1. The van der Waals surface area contributed by atoms with E-state index in [4.69, 9.17) is 0 Å². The Kier molecular flexibility index (Phi) is 6.40. The molecule has 0 fully saturated rings. The summed E-state index contributed by atoms with van der Waals surface area (Å²) in [6.45, 7) is 5.03. The minimum Gasteiger partial charge on any atom is -0.321 e. The van der Waals surface area contributed by atoms with Crippen molar-refractivity contribution in [3.63, 3.8) is 0 Å². The SMILES string of the molecule is C=C/C(C#Cc1cccc(C(=O)Nc2ccc(NC(C)=O)nc2)c1)=N\C. The molecule has 130 valence electrons. The third kappa shape index (κ3) is 5.42. The Bertz CT molecular complexity index is 919. The van der Waals surface area contributed by atoms with Crippen molar-refractivity contribution in [3.05, 3.63) is 66.4 Å². The number of amides is 2. The van der Waals surface area contributed by atoms with Crippen molar-refractivity contribution < 1.29 is 9.59 Å². The first kappa shape index (κ1) is 18.6. The minimum absolute atomic E-state index is 0.208. The first-order chi connectivity index (χ1) is 12.5. The van der Waals surface area contributed by atoms with Gasteiger partial charge in [0, 0.05) is 25.1 Å². The third-order valence-electron chi connectivity index (χ3n) is 3.22. The predicted molar refractivity (Wildman–Crippen MR) is 103 cm³/mol. The Morgan fingerprint density at radius 3 is 2.65 bits per heavy atom. The maximum Gasteiger partial charge on any atom is 0.255 e. The van der Waals surface area contributed by atoms with Crippen molar-refractivity contribution in [2.24, 2.45) is 4.99 Å². The van der Waals surface area contributed by atoms with E-state index in [1.165, 1.54) is 13.1 Å². The summed E-state index contributed by atoms with van der Waals surface area (Å²) in [5.41, 5.74) is 2.26. The number of carbonyl (C=O) groups excluding carboxylic acids is 2. The summed E-state index contributed by atoms with van der Waals surface area (Å²) in [4.78, 5) is 31.4. The Labute approximate surface area is 152 Å². The molecule has 0 aliphatic heterocycles. The van der Waals surface area contributed by atoms with E-state index in [0.717, 1.165) is 0 Å². The van der Waals surface area contributed by atoms with E-state index in [1.54, 1.807) is 43.5 Å². The van der Waals surface area contributed by atoms with Crippen LogP contribution in [0, 0.1) is 11.8 Å². The molecule has 6 heteroatoms. The number of nitrogens with one attached hydrogen (secondary N) is 2. The molecule has 26 heavy (non-hydrogen) atoms. The number of aliphatic imine (C=N–C) groups is 1. The summed E-state index contributed by atoms with van der Waals surface area (Å²) in [5, 5.41) is 5.31. The highest BCUT2D eigenvalue weighted by molar-refractivity contribution is 6.08. The van der Waals surface area contributed by atoms with Gasteiger partial charge in [0.1, 0.15) is 11.5 Å². The van der Waals surface area contributed by atoms with Crippen LogP contribution in [0.2, 0.25) is 0 Å². The van der Waals surface area contributed by atoms with E-state index < -0.39 is 0 Å². The topological polar surface area (TPSA) is 83.5 Å². The first-order valence-electron chi connectivity index (χ1n) is 7.78. The van der Waals surface area contributed by atoms with Gasteiger partial charge in [-0.2, -0.15) is 0 Å². The monoisotopic (exact) mass is 346 g/mol. The highest BCUT2D eigenvalue weighted by atomic mass is 16.2. The van der Waals surface area contributed by atoms with Crippen LogP contribution < -0.4 is 10.6 Å². The van der Waals surface area contributed by atoms with Crippen molar-refractivity contribution in [2.45, 2.75) is 6.92 Å². The number of hydrogen-bond acceptors (Lipinski definition) is 4. The van der Waals surface area contributed by atoms with Crippen LogP contribution in [0.4, 0.5) is 11.5 Å². The maximum absolute atomic E-state index is 12.4. The highest BCUT2D eigenvalue weighted by Gasteiger charge is 2.07. The summed E-state index contributed by atoms with van der Waals surface area (Å²) in [6, 6.07) is 10.2. The number of benzene rings is 1. The molecule has 2 N–H and O–H groups in total. The van der Waals surface area contributed by atoms with Crippen LogP contribution in [-0.4, -0.2) is 29.6 Å². The van der Waals surface area contributed by atoms with E-state index >= 15 is 0 Å². The summed E-state index contributed by atoms with van der Waals surface area (Å²) in [6.07, 6.45) is 3.04. The average Bonchev–Trinajstić information content (AvgIpc) is 2.64. The van der Waals surface area contributed by atoms with Crippen LogP contribution in [0.15, 0.2) is 60.2 Å². The van der Waals surface area contributed by atoms with Gasteiger partial charge in [-0.15, -0.1) is 0 Å². The number of nitrogens with zero attached hydrogens (tertiary/aromatic N) is 2. The number of aromatic nitrogens is 1. The second kappa shape index (κ2) is 8.94. The van der Waals surface area contributed by atoms with Crippen LogP contribution in [0.1, 0.15) is 22.8 Å². The zero-order valence-electron chi connectivity index (χ0n) is 14.5. The Morgan fingerprint density at radius 2 is 2.04 bits per heavy atom. The zero-order valence-corrected chi connectivity index (χ0v) is 14.5. The molecule has 0 bridgehead atoms. The fourth-order valence-electron chi connectivity index (χ4n) is 2.00. The normalized spacial score (nSPS) is 10.3. The quantitative estimate of drug-likeness (QED) is 0.659. The molecular formula is C20H18N4O2. The Morgan fingerprint density at radius 1 is 1.23 bits per heavy atom. The molecule has 1 heterocycles. The predicted octanol–water partition coefficient (Wildman–Crippen LogP) is 2.90. The van der Waals surface area contributed by atoms with Crippen LogP contribution in [-0.2, 0) is 4.79 Å². The van der Waals surface area contributed by atoms with Crippen LogP contribution in [0.3, 0.4) is 0 Å². The van der Waals surface area contributed by atoms with Gasteiger partial charge in [-0.25, -0.2) is 4.98 Å². The molecule has 2 amide bonds. The Hall–Kier alpha value is -3.72. The summed E-state index contributed by atoms with van der Waals surface area (Å²) < 4.78 is 0. The second-order valence-electron chi connectivity index (χ2n) is 5.21. The van der Waals surface area contributed by atoms with Gasteiger partial charge in [-0.3, -0.25) is 14.6 Å². The number of carbonyl (C=O) groups is 2. The van der Waals surface area contributed by atoms with Gasteiger partial charge < -0.3 is 10.6 Å². The zero-order chi connectivity index (χ0) is 18.9. The summed E-state index contributed by atoms with van der Waals surface area (Å²) >= 11 is 0. The molecule has 0 atom stereocenters. The smallest absolute Gasteiger partial charge is 0.255 e. The van der Waals surface area contributed by atoms with E-state index in [0.29, 0.717) is 28.3 Å². The van der Waals surface area contributed by atoms with Gasteiger partial charge in [0.05, 0.1) is 11.9 Å². The standard InChI is InChI=1S/C20H18N4O2/c1-4-17(21-3)9-8-15-6-5-7-16(12-15)20(26)24-18-10-11-19(22-13-18)23-14(2)25/h4-7,10-13H,1H2,2-3H3,(H,24,26)(H,22,23,25)/b21-17+. The fraction of sp³-hybridized carbons (Fsp3) is 0.100. The lowest BCUT2D eigenvalue weighted by Gasteiger charge is -2.06. The van der Waals surface area contributed by atoms with E-state index in [2.05, 4.69) is 39.0 Å². The molecule has 0 aliphatic rings. The van der Waals surface area contributed by atoms with Crippen LogP contribution in [0.25, 0.3) is 0 Å². The lowest BCUT2D eigenvalue weighted by molar-refractivity contribution is -0.114. The van der Waals surface area contributed by atoms with E-state index in [1.807, 2.05) is 6.07 Å². The second-order valence-corrected chi connectivity index (χ2v) is 5.21. The molecule has 2 rings (SSSR count). The van der Waals surface area contributed by atoms with Gasteiger partial charge in [-0.1, -0.05) is 18.6 Å². The average molecular weight is 346 g/mol. The van der Waals surface area contributed by atoms with Crippen molar-refractivity contribution in [3.8, 4) is 11.8 Å². The molecule has 0 unspecified atom stereocenters. The van der Waals surface area contributed by atoms with Gasteiger partial charge in [0.2, 0.25) is 5.91 Å². The molecule has 0 aliphatic carbocycles. The third-order valence-corrected chi connectivity index (χ3v) is 3.22. The van der Waals surface area contributed by atoms with Crippen molar-refractivity contribution in [1.29, 1.82) is 0 Å². The Balaban J connectivity index is 2.11. The molecule has 0 radical (unpaired) electrons. The summed E-state index contributed by atoms with van der Waals surface area (Å²) in [7, 11) is 1.64. The number of rotatable bonds is 4.